The summed E-state index contributed by atoms with van der Waals surface area (Å²) in [5.74, 6) is -1.14. The van der Waals surface area contributed by atoms with Gasteiger partial charge in [0.2, 0.25) is 0 Å². The second-order valence-electron chi connectivity index (χ2n) is 9.58. The van der Waals surface area contributed by atoms with Gasteiger partial charge in [-0.1, -0.05) is 0 Å². The molecule has 41 heavy (non-hydrogen) atoms. The molecule has 218 valence electrons. The fourth-order valence-corrected chi connectivity index (χ4v) is 4.95. The molecule has 3 aromatic rings. The van der Waals surface area contributed by atoms with Crippen molar-refractivity contribution >= 4 is 17.7 Å². The van der Waals surface area contributed by atoms with Crippen LogP contribution in [0.25, 0.3) is 5.82 Å². The minimum atomic E-state index is -2.27. The second-order valence-corrected chi connectivity index (χ2v) is 9.58. The van der Waals surface area contributed by atoms with Gasteiger partial charge in [-0.05, 0) is 56.0 Å². The van der Waals surface area contributed by atoms with E-state index in [0.29, 0.717) is 18.8 Å². The average molecular weight is 569 g/mol. The summed E-state index contributed by atoms with van der Waals surface area (Å²) in [7, 11) is 1.65. The van der Waals surface area contributed by atoms with Crippen LogP contribution in [0.1, 0.15) is 48.8 Å². The quantitative estimate of drug-likeness (QED) is 0.263. The number of aliphatic imine (C=N–C) groups is 1. The third-order valence-corrected chi connectivity index (χ3v) is 6.97. The molecule has 13 nitrogen and oxygen atoms in total. The molecule has 2 aliphatic rings. The van der Waals surface area contributed by atoms with Gasteiger partial charge in [0.05, 0.1) is 31.6 Å². The van der Waals surface area contributed by atoms with Gasteiger partial charge in [0.25, 0.3) is 0 Å². The number of carboxylic acid groups (broad SMARTS) is 2. The summed E-state index contributed by atoms with van der Waals surface area (Å²) in [5.41, 5.74) is 4.06. The highest BCUT2D eigenvalue weighted by atomic mass is 16.5. The van der Waals surface area contributed by atoms with E-state index in [1.165, 1.54) is 0 Å². The van der Waals surface area contributed by atoms with E-state index in [-0.39, 0.29) is 18.1 Å². The highest BCUT2D eigenvalue weighted by Gasteiger charge is 2.37. The van der Waals surface area contributed by atoms with Crippen molar-refractivity contribution < 1.29 is 44.6 Å². The molecule has 1 saturated carbocycles. The van der Waals surface area contributed by atoms with E-state index in [1.807, 2.05) is 42.1 Å². The number of imidazole rings is 1. The maximum atomic E-state index is 10.3. The van der Waals surface area contributed by atoms with Crippen LogP contribution < -0.4 is 9.47 Å². The molecule has 0 amide bonds. The number of methoxy groups -OCH3 is 1. The molecule has 1 aliphatic heterocycles. The number of aliphatic hydroxyl groups excluding tert-OH is 3. The van der Waals surface area contributed by atoms with Crippen molar-refractivity contribution in [3.63, 3.8) is 0 Å². The first-order chi connectivity index (χ1) is 19.6. The molecule has 3 heterocycles. The summed E-state index contributed by atoms with van der Waals surface area (Å²) in [6.07, 6.45) is 4.72. The fourth-order valence-electron chi connectivity index (χ4n) is 4.95. The predicted octanol–water partition coefficient (Wildman–Crippen LogP) is 1.40. The van der Waals surface area contributed by atoms with Crippen molar-refractivity contribution in [3.05, 3.63) is 65.9 Å². The number of hydrogen-bond donors (Lipinski definition) is 5. The molecule has 5 N–H and O–H groups in total. The third kappa shape index (κ3) is 6.53. The lowest BCUT2D eigenvalue weighted by Gasteiger charge is -2.37. The molecule has 1 fully saturated rings. The molecule has 2 unspecified atom stereocenters. The van der Waals surface area contributed by atoms with Crippen LogP contribution in [-0.2, 0) is 9.59 Å². The fraction of sp³-hybridized carbons (Fsp3) is 0.393. The molecule has 1 aromatic carbocycles. The summed E-state index contributed by atoms with van der Waals surface area (Å²) < 4.78 is 13.3. The summed E-state index contributed by atoms with van der Waals surface area (Å²) >= 11 is 0. The SMILES string of the molecule is CCOc1cc2c(cc1OC)C(c1ccc(-n3ccnc3)nc1)=N[C@@H]1CC[C@@H](O)C[C@H]21.O=C(O)C(O)C(O)C(=O)O. The number of aliphatic hydroxyl groups is 3. The van der Waals surface area contributed by atoms with Crippen LogP contribution >= 0.6 is 0 Å². The number of carbonyl (C=O) groups is 2. The van der Waals surface area contributed by atoms with E-state index in [1.54, 1.807) is 19.6 Å². The second kappa shape index (κ2) is 12.9. The Morgan fingerprint density at radius 1 is 1.10 bits per heavy atom. The highest BCUT2D eigenvalue weighted by molar-refractivity contribution is 6.14. The van der Waals surface area contributed by atoms with Crippen LogP contribution in [0.3, 0.4) is 0 Å². The molecule has 0 radical (unpaired) electrons. The molecule has 2 aromatic heterocycles. The average Bonchev–Trinajstić information content (AvgIpc) is 3.51. The van der Waals surface area contributed by atoms with E-state index < -0.39 is 24.1 Å². The largest absolute Gasteiger partial charge is 0.493 e. The van der Waals surface area contributed by atoms with Gasteiger partial charge in [-0.3, -0.25) is 9.56 Å². The predicted molar refractivity (Wildman–Crippen MR) is 145 cm³/mol. The van der Waals surface area contributed by atoms with Crippen LogP contribution in [0, 0.1) is 0 Å². The Balaban J connectivity index is 0.000000334. The summed E-state index contributed by atoms with van der Waals surface area (Å²) in [4.78, 5) is 33.4. The van der Waals surface area contributed by atoms with Crippen molar-refractivity contribution in [3.8, 4) is 17.3 Å². The number of fused-ring (bicyclic) bond motifs is 3. The first-order valence-corrected chi connectivity index (χ1v) is 13.0. The lowest BCUT2D eigenvalue weighted by Crippen LogP contribution is -2.39. The standard InChI is InChI=1S/C24H26N4O3.C4H6O6/c1-3-31-22-11-17-18-10-16(29)5-6-20(18)27-24(19(17)12-21(22)30-2)15-4-7-23(26-13-15)28-9-8-25-14-28;5-1(3(7)8)2(6)4(9)10/h4,7-9,11-14,16,18,20,29H,3,5-6,10H2,1-2H3;1-2,5-6H,(H,7,8)(H,9,10)/t16-,18-,20-;/m1./s1. The Hall–Kier alpha value is -4.33. The number of rotatable bonds is 8. The van der Waals surface area contributed by atoms with Gasteiger partial charge in [0.15, 0.2) is 23.7 Å². The van der Waals surface area contributed by atoms with Crippen molar-refractivity contribution in [1.29, 1.82) is 0 Å². The highest BCUT2D eigenvalue weighted by Crippen LogP contribution is 2.45. The van der Waals surface area contributed by atoms with Crippen LogP contribution in [0.15, 0.2) is 54.2 Å². The van der Waals surface area contributed by atoms with E-state index in [2.05, 4.69) is 16.0 Å². The van der Waals surface area contributed by atoms with E-state index in [4.69, 9.17) is 34.9 Å². The Morgan fingerprint density at radius 2 is 1.83 bits per heavy atom. The molecule has 0 bridgehead atoms. The van der Waals surface area contributed by atoms with Crippen molar-refractivity contribution in [1.82, 2.24) is 14.5 Å². The number of pyridine rings is 1. The molecule has 1 aliphatic carbocycles. The monoisotopic (exact) mass is 568 g/mol. The Labute approximate surface area is 235 Å². The summed E-state index contributed by atoms with van der Waals surface area (Å²) in [6.45, 7) is 2.53. The molecular weight excluding hydrogens is 536 g/mol. The van der Waals surface area contributed by atoms with Gasteiger partial charge >= 0.3 is 11.9 Å². The topological polar surface area (TPSA) is 197 Å². The zero-order valence-electron chi connectivity index (χ0n) is 22.5. The van der Waals surface area contributed by atoms with Gasteiger partial charge < -0.3 is 35.0 Å². The third-order valence-electron chi connectivity index (χ3n) is 6.97. The first kappa shape index (κ1) is 29.6. The van der Waals surface area contributed by atoms with E-state index in [9.17, 15) is 14.7 Å². The van der Waals surface area contributed by atoms with Crippen LogP contribution in [0.2, 0.25) is 0 Å². The number of ether oxygens (including phenoxy) is 2. The number of aliphatic carboxylic acids is 2. The lowest BCUT2D eigenvalue weighted by atomic mass is 9.74. The van der Waals surface area contributed by atoms with Crippen molar-refractivity contribution in [2.45, 2.75) is 56.5 Å². The number of nitrogens with zero attached hydrogens (tertiary/aromatic N) is 4. The normalized spacial score (nSPS) is 20.7. The van der Waals surface area contributed by atoms with Crippen LogP contribution in [0.4, 0.5) is 0 Å². The molecule has 0 spiro atoms. The van der Waals surface area contributed by atoms with Gasteiger partial charge in [0, 0.05) is 35.6 Å². The number of carboxylic acids is 2. The number of benzene rings is 1. The summed E-state index contributed by atoms with van der Waals surface area (Å²) in [5, 5.41) is 42.9. The lowest BCUT2D eigenvalue weighted by molar-refractivity contribution is -0.165. The van der Waals surface area contributed by atoms with Crippen LogP contribution in [0.5, 0.6) is 11.5 Å². The van der Waals surface area contributed by atoms with Crippen LogP contribution in [-0.4, -0.2) is 95.8 Å². The first-order valence-electron chi connectivity index (χ1n) is 13.0. The zero-order chi connectivity index (χ0) is 29.7. The minimum absolute atomic E-state index is 0.141. The summed E-state index contributed by atoms with van der Waals surface area (Å²) in [6, 6.07) is 8.25. The van der Waals surface area contributed by atoms with Gasteiger partial charge in [-0.2, -0.15) is 0 Å². The Kier molecular flexibility index (Phi) is 9.32. The molecular formula is C28H32N4O9. The number of hydrogen-bond acceptors (Lipinski definition) is 10. The van der Waals surface area contributed by atoms with Crippen molar-refractivity contribution in [2.24, 2.45) is 4.99 Å². The molecule has 0 saturated heterocycles. The Morgan fingerprint density at radius 3 is 2.39 bits per heavy atom. The molecule has 13 heteroatoms. The van der Waals surface area contributed by atoms with Gasteiger partial charge in [0.1, 0.15) is 12.1 Å². The van der Waals surface area contributed by atoms with E-state index >= 15 is 0 Å². The zero-order valence-corrected chi connectivity index (χ0v) is 22.5. The van der Waals surface area contributed by atoms with E-state index in [0.717, 1.165) is 46.8 Å². The smallest absolute Gasteiger partial charge is 0.335 e. The molecule has 5 atom stereocenters. The van der Waals surface area contributed by atoms with Gasteiger partial charge in [-0.15, -0.1) is 0 Å². The van der Waals surface area contributed by atoms with Gasteiger partial charge in [-0.25, -0.2) is 19.6 Å². The van der Waals surface area contributed by atoms with Crippen molar-refractivity contribution in [2.75, 3.05) is 13.7 Å². The Bertz CT molecular complexity index is 1370. The minimum Gasteiger partial charge on any atom is -0.493 e. The number of aromatic nitrogens is 3. The maximum Gasteiger partial charge on any atom is 0.335 e. The maximum absolute atomic E-state index is 10.3. The molecule has 5 rings (SSSR count).